The van der Waals surface area contributed by atoms with Gasteiger partial charge in [0, 0.05) is 10.9 Å². The van der Waals surface area contributed by atoms with Gasteiger partial charge in [-0.2, -0.15) is 0 Å². The van der Waals surface area contributed by atoms with Crippen molar-refractivity contribution in [3.8, 4) is 17.0 Å². The SMILES string of the molecule is COc1ccc2nc(-c3ccc(C)cc3)cc(COCCC3=CC[C@H]4C[C@@H]3C4(C)C)c2c1. The van der Waals surface area contributed by atoms with E-state index in [-0.39, 0.29) is 0 Å². The molecule has 32 heavy (non-hydrogen) atoms. The molecule has 0 aliphatic heterocycles. The van der Waals surface area contributed by atoms with Crippen molar-refractivity contribution in [1.29, 1.82) is 0 Å². The quantitative estimate of drug-likeness (QED) is 0.297. The van der Waals surface area contributed by atoms with Crippen molar-refractivity contribution in [2.45, 2.75) is 46.6 Å². The molecular formula is C29H33NO2. The molecule has 1 aromatic heterocycles. The van der Waals surface area contributed by atoms with Crippen LogP contribution in [0, 0.1) is 24.2 Å². The van der Waals surface area contributed by atoms with Gasteiger partial charge in [0.1, 0.15) is 5.75 Å². The van der Waals surface area contributed by atoms with Gasteiger partial charge in [-0.15, -0.1) is 0 Å². The number of fused-ring (bicyclic) bond motifs is 2. The second kappa shape index (κ2) is 8.37. The normalized spacial score (nSPS) is 21.2. The zero-order valence-electron chi connectivity index (χ0n) is 19.7. The minimum absolute atomic E-state index is 0.477. The fraction of sp³-hybridized carbons (Fsp3) is 0.414. The molecule has 166 valence electrons. The summed E-state index contributed by atoms with van der Waals surface area (Å²) in [7, 11) is 1.70. The molecule has 2 aromatic carbocycles. The second-order valence-electron chi connectivity index (χ2n) is 10.0. The third-order valence-electron chi connectivity index (χ3n) is 7.82. The number of benzene rings is 2. The first kappa shape index (κ1) is 21.2. The average molecular weight is 428 g/mol. The maximum atomic E-state index is 6.24. The Labute approximate surface area is 191 Å². The third kappa shape index (κ3) is 3.84. The summed E-state index contributed by atoms with van der Waals surface area (Å²) in [4.78, 5) is 4.92. The summed E-state index contributed by atoms with van der Waals surface area (Å²) in [5.41, 5.74) is 7.58. The van der Waals surface area contributed by atoms with Crippen LogP contribution in [0.5, 0.6) is 5.75 Å². The molecule has 0 radical (unpaired) electrons. The van der Waals surface area contributed by atoms with Crippen LogP contribution in [0.2, 0.25) is 0 Å². The highest BCUT2D eigenvalue weighted by atomic mass is 16.5. The van der Waals surface area contributed by atoms with Crippen LogP contribution in [0.4, 0.5) is 0 Å². The van der Waals surface area contributed by atoms with E-state index in [0.717, 1.165) is 58.3 Å². The summed E-state index contributed by atoms with van der Waals surface area (Å²) in [5.74, 6) is 2.48. The van der Waals surface area contributed by atoms with E-state index in [1.807, 2.05) is 12.1 Å². The Morgan fingerprint density at radius 2 is 1.88 bits per heavy atom. The van der Waals surface area contributed by atoms with Gasteiger partial charge in [-0.1, -0.05) is 55.3 Å². The Hall–Kier alpha value is -2.65. The molecule has 3 heteroatoms. The van der Waals surface area contributed by atoms with E-state index in [2.05, 4.69) is 63.2 Å². The summed E-state index contributed by atoms with van der Waals surface area (Å²) in [6.45, 7) is 8.31. The van der Waals surface area contributed by atoms with E-state index in [4.69, 9.17) is 14.5 Å². The van der Waals surface area contributed by atoms with Crippen molar-refractivity contribution in [1.82, 2.24) is 4.98 Å². The topological polar surface area (TPSA) is 31.4 Å². The van der Waals surface area contributed by atoms with Gasteiger partial charge < -0.3 is 9.47 Å². The molecule has 3 aliphatic carbocycles. The first-order valence-electron chi connectivity index (χ1n) is 11.8. The number of allylic oxidation sites excluding steroid dienone is 1. The van der Waals surface area contributed by atoms with Crippen LogP contribution in [0.25, 0.3) is 22.2 Å². The number of rotatable bonds is 7. The molecule has 0 N–H and O–H groups in total. The van der Waals surface area contributed by atoms with Crippen LogP contribution in [-0.2, 0) is 11.3 Å². The zero-order valence-corrected chi connectivity index (χ0v) is 19.7. The molecule has 0 amide bonds. The van der Waals surface area contributed by atoms with E-state index in [9.17, 15) is 0 Å². The van der Waals surface area contributed by atoms with Crippen LogP contribution >= 0.6 is 0 Å². The van der Waals surface area contributed by atoms with Crippen molar-refractivity contribution >= 4 is 10.9 Å². The molecule has 1 saturated carbocycles. The van der Waals surface area contributed by atoms with Crippen LogP contribution < -0.4 is 4.74 Å². The zero-order chi connectivity index (χ0) is 22.3. The molecule has 6 rings (SSSR count). The first-order valence-corrected chi connectivity index (χ1v) is 11.8. The van der Waals surface area contributed by atoms with Crippen molar-refractivity contribution in [2.24, 2.45) is 17.3 Å². The summed E-state index contributed by atoms with van der Waals surface area (Å²) < 4.78 is 11.7. The van der Waals surface area contributed by atoms with E-state index < -0.39 is 0 Å². The number of pyridine rings is 1. The molecule has 1 fully saturated rings. The molecule has 0 saturated heterocycles. The minimum Gasteiger partial charge on any atom is -0.497 e. The van der Waals surface area contributed by atoms with Crippen LogP contribution in [0.3, 0.4) is 0 Å². The van der Waals surface area contributed by atoms with Crippen molar-refractivity contribution < 1.29 is 9.47 Å². The van der Waals surface area contributed by atoms with Crippen LogP contribution in [0.1, 0.15) is 44.2 Å². The Bertz CT molecular complexity index is 1160. The Balaban J connectivity index is 1.35. The fourth-order valence-electron chi connectivity index (χ4n) is 5.52. The van der Waals surface area contributed by atoms with Gasteiger partial charge in [0.25, 0.3) is 0 Å². The number of hydrogen-bond acceptors (Lipinski definition) is 3. The first-order chi connectivity index (χ1) is 15.5. The molecule has 3 nitrogen and oxygen atoms in total. The highest BCUT2D eigenvalue weighted by Crippen LogP contribution is 2.59. The van der Waals surface area contributed by atoms with Gasteiger partial charge >= 0.3 is 0 Å². The van der Waals surface area contributed by atoms with E-state index in [1.165, 1.54) is 18.4 Å². The molecular weight excluding hydrogens is 394 g/mol. The number of nitrogens with zero attached hydrogens (tertiary/aromatic N) is 1. The van der Waals surface area contributed by atoms with Gasteiger partial charge in [0.2, 0.25) is 0 Å². The lowest BCUT2D eigenvalue weighted by atomic mass is 9.48. The Kier molecular flexibility index (Phi) is 5.54. The van der Waals surface area contributed by atoms with Gasteiger partial charge in [0.05, 0.1) is 31.5 Å². The summed E-state index contributed by atoms with van der Waals surface area (Å²) in [6.07, 6.45) is 6.13. The molecule has 2 bridgehead atoms. The number of aromatic nitrogens is 1. The molecule has 2 atom stereocenters. The number of aryl methyl sites for hydroxylation is 1. The monoisotopic (exact) mass is 427 g/mol. The predicted molar refractivity (Wildman–Crippen MR) is 131 cm³/mol. The van der Waals surface area contributed by atoms with Crippen molar-refractivity contribution in [3.63, 3.8) is 0 Å². The van der Waals surface area contributed by atoms with Crippen molar-refractivity contribution in [2.75, 3.05) is 13.7 Å². The maximum Gasteiger partial charge on any atom is 0.119 e. The standard InChI is InChI=1S/C29H33NO2/c1-19-5-7-21(8-6-19)28-15-22(25-17-24(31-4)11-12-27(25)30-28)18-32-14-13-20-9-10-23-16-26(20)29(23,2)3/h5-9,11-12,15,17,23,26H,10,13-14,16,18H2,1-4H3/t23-,26-/m0/s1. The van der Waals surface area contributed by atoms with Gasteiger partial charge in [0.15, 0.2) is 0 Å². The maximum absolute atomic E-state index is 6.24. The largest absolute Gasteiger partial charge is 0.497 e. The van der Waals surface area contributed by atoms with Gasteiger partial charge in [-0.05, 0) is 73.3 Å². The van der Waals surface area contributed by atoms with E-state index >= 15 is 0 Å². The van der Waals surface area contributed by atoms with E-state index in [0.29, 0.717) is 12.0 Å². The molecule has 3 aromatic rings. The summed E-state index contributed by atoms with van der Waals surface area (Å²) in [6, 6.07) is 16.8. The lowest BCUT2D eigenvalue weighted by molar-refractivity contribution is -0.0112. The van der Waals surface area contributed by atoms with Crippen LogP contribution in [0.15, 0.2) is 60.2 Å². The van der Waals surface area contributed by atoms with Crippen LogP contribution in [-0.4, -0.2) is 18.7 Å². The summed E-state index contributed by atoms with van der Waals surface area (Å²) in [5, 5.41) is 1.10. The summed E-state index contributed by atoms with van der Waals surface area (Å²) >= 11 is 0. The van der Waals surface area contributed by atoms with E-state index in [1.54, 1.807) is 12.7 Å². The highest BCUT2D eigenvalue weighted by Gasteiger charge is 2.50. The second-order valence-corrected chi connectivity index (χ2v) is 10.0. The lowest BCUT2D eigenvalue weighted by Gasteiger charge is -2.56. The van der Waals surface area contributed by atoms with Crippen molar-refractivity contribution in [3.05, 3.63) is 71.3 Å². The molecule has 0 unspecified atom stereocenters. The van der Waals surface area contributed by atoms with Gasteiger partial charge in [-0.25, -0.2) is 4.98 Å². The lowest BCUT2D eigenvalue weighted by Crippen LogP contribution is -2.48. The number of methoxy groups -OCH3 is 1. The molecule has 0 spiro atoms. The smallest absolute Gasteiger partial charge is 0.119 e. The predicted octanol–water partition coefficient (Wildman–Crippen LogP) is 7.12. The Morgan fingerprint density at radius 1 is 1.06 bits per heavy atom. The third-order valence-corrected chi connectivity index (χ3v) is 7.82. The molecule has 1 heterocycles. The number of ether oxygens (including phenoxy) is 2. The molecule has 3 aliphatic rings. The van der Waals surface area contributed by atoms with Gasteiger partial charge in [-0.3, -0.25) is 0 Å². The minimum atomic E-state index is 0.477. The number of hydrogen-bond donors (Lipinski definition) is 0. The Morgan fingerprint density at radius 3 is 2.59 bits per heavy atom. The highest BCUT2D eigenvalue weighted by molar-refractivity contribution is 5.86. The fourth-order valence-corrected chi connectivity index (χ4v) is 5.52. The average Bonchev–Trinajstić information content (AvgIpc) is 2.81.